The number of amides is 1. The fraction of sp³-hybridized carbons (Fsp3) is 0.167. The predicted molar refractivity (Wildman–Crippen MR) is 98.9 cm³/mol. The second kappa shape index (κ2) is 6.33. The average molecular weight is 400 g/mol. The zero-order valence-corrected chi connectivity index (χ0v) is 15.0. The first kappa shape index (κ1) is 15.8. The quantitative estimate of drug-likeness (QED) is 0.586. The molecule has 7 heteroatoms. The molecule has 2 aromatic rings. The third-order valence-corrected chi connectivity index (χ3v) is 4.75. The number of ether oxygens (including phenoxy) is 2. The molecule has 0 aromatic heterocycles. The summed E-state index contributed by atoms with van der Waals surface area (Å²) in [4.78, 5) is 14.2. The van der Waals surface area contributed by atoms with Crippen LogP contribution < -0.4 is 14.4 Å². The Morgan fingerprint density at radius 3 is 2.80 bits per heavy atom. The topological polar surface area (TPSA) is 63.5 Å². The van der Waals surface area contributed by atoms with Crippen LogP contribution in [0.15, 0.2) is 51.1 Å². The molecule has 0 saturated carbocycles. The van der Waals surface area contributed by atoms with Gasteiger partial charge in [-0.15, -0.1) is 5.10 Å². The summed E-state index contributed by atoms with van der Waals surface area (Å²) >= 11 is 3.47. The highest BCUT2D eigenvalue weighted by atomic mass is 79.9. The van der Waals surface area contributed by atoms with E-state index in [9.17, 15) is 4.79 Å². The lowest BCUT2D eigenvalue weighted by molar-refractivity contribution is -0.112. The van der Waals surface area contributed by atoms with Crippen LogP contribution in [0.5, 0.6) is 11.5 Å². The zero-order chi connectivity index (χ0) is 17.4. The maximum Gasteiger partial charge on any atom is 0.279 e. The normalized spacial score (nSPS) is 17.0. The highest BCUT2D eigenvalue weighted by Gasteiger charge is 2.32. The van der Waals surface area contributed by atoms with Crippen LogP contribution in [0.2, 0.25) is 0 Å². The van der Waals surface area contributed by atoms with Crippen LogP contribution in [0.1, 0.15) is 18.1 Å². The van der Waals surface area contributed by atoms with Crippen LogP contribution in [-0.2, 0) is 4.79 Å². The van der Waals surface area contributed by atoms with Crippen LogP contribution in [-0.4, -0.2) is 31.2 Å². The maximum absolute atomic E-state index is 12.5. The van der Waals surface area contributed by atoms with Crippen molar-refractivity contribution in [3.05, 3.63) is 52.0 Å². The van der Waals surface area contributed by atoms with Crippen molar-refractivity contribution in [2.45, 2.75) is 6.92 Å². The monoisotopic (exact) mass is 399 g/mol. The zero-order valence-electron chi connectivity index (χ0n) is 13.4. The van der Waals surface area contributed by atoms with E-state index in [-0.39, 0.29) is 12.7 Å². The van der Waals surface area contributed by atoms with E-state index in [0.717, 1.165) is 21.3 Å². The van der Waals surface area contributed by atoms with Crippen molar-refractivity contribution in [1.29, 1.82) is 0 Å². The molecule has 0 spiro atoms. The second-order valence-corrected chi connectivity index (χ2v) is 6.34. The molecule has 4 rings (SSSR count). The van der Waals surface area contributed by atoms with Gasteiger partial charge in [0, 0.05) is 22.1 Å². The molecule has 6 nitrogen and oxygen atoms in total. The Kier molecular flexibility index (Phi) is 4.01. The molecule has 0 radical (unpaired) electrons. The molecule has 0 aliphatic carbocycles. The van der Waals surface area contributed by atoms with Crippen molar-refractivity contribution in [2.75, 3.05) is 18.2 Å². The summed E-state index contributed by atoms with van der Waals surface area (Å²) in [6.07, 6.45) is 1.59. The molecule has 25 heavy (non-hydrogen) atoms. The number of hydrogen-bond donors (Lipinski definition) is 0. The molecule has 0 saturated heterocycles. The molecular formula is C18H14BrN3O3. The summed E-state index contributed by atoms with van der Waals surface area (Å²) < 4.78 is 11.5. The Labute approximate surface area is 152 Å². The second-order valence-electron chi connectivity index (χ2n) is 5.49. The lowest BCUT2D eigenvalue weighted by atomic mass is 10.1. The molecule has 0 unspecified atom stereocenters. The minimum absolute atomic E-state index is 0.134. The molecule has 0 fully saturated rings. The third kappa shape index (κ3) is 2.70. The van der Waals surface area contributed by atoms with Gasteiger partial charge in [-0.3, -0.25) is 4.79 Å². The molecule has 2 heterocycles. The van der Waals surface area contributed by atoms with Gasteiger partial charge in [-0.1, -0.05) is 18.2 Å². The molecule has 2 aliphatic rings. The molecule has 1 amide bonds. The van der Waals surface area contributed by atoms with Gasteiger partial charge >= 0.3 is 0 Å². The lowest BCUT2D eigenvalue weighted by Gasteiger charge is -2.12. The number of nitrogens with zero attached hydrogens (tertiary/aromatic N) is 3. The Hall–Kier alpha value is -2.67. The van der Waals surface area contributed by atoms with Crippen LogP contribution >= 0.6 is 15.9 Å². The first-order chi connectivity index (χ1) is 12.2. The summed E-state index contributed by atoms with van der Waals surface area (Å²) in [5.74, 6) is 1.22. The van der Waals surface area contributed by atoms with Gasteiger partial charge in [-0.2, -0.15) is 5.10 Å². The van der Waals surface area contributed by atoms with Crippen LogP contribution in [0.3, 0.4) is 0 Å². The SMILES string of the molecule is CCN1C(=O)/C(=N/N=C\c2cc3c(cc2Br)OCO3)c2ccccc21. The van der Waals surface area contributed by atoms with Gasteiger partial charge in [-0.25, -0.2) is 0 Å². The number of hydrogen-bond acceptors (Lipinski definition) is 5. The van der Waals surface area contributed by atoms with Crippen molar-refractivity contribution < 1.29 is 14.3 Å². The van der Waals surface area contributed by atoms with Gasteiger partial charge in [0.15, 0.2) is 17.2 Å². The largest absolute Gasteiger partial charge is 0.454 e. The van der Waals surface area contributed by atoms with Gasteiger partial charge in [0.2, 0.25) is 6.79 Å². The number of fused-ring (bicyclic) bond motifs is 2. The van der Waals surface area contributed by atoms with Crippen molar-refractivity contribution in [2.24, 2.45) is 10.2 Å². The van der Waals surface area contributed by atoms with Gasteiger partial charge in [0.25, 0.3) is 5.91 Å². The van der Waals surface area contributed by atoms with Crippen molar-refractivity contribution >= 4 is 39.5 Å². The average Bonchev–Trinajstić information content (AvgIpc) is 3.17. The Morgan fingerprint density at radius 2 is 2.00 bits per heavy atom. The van der Waals surface area contributed by atoms with E-state index in [1.54, 1.807) is 11.1 Å². The van der Waals surface area contributed by atoms with Gasteiger partial charge in [-0.05, 0) is 41.1 Å². The van der Waals surface area contributed by atoms with Gasteiger partial charge in [0.1, 0.15) is 0 Å². The number of para-hydroxylation sites is 1. The lowest BCUT2D eigenvalue weighted by Crippen LogP contribution is -2.29. The fourth-order valence-corrected chi connectivity index (χ4v) is 3.28. The number of carbonyl (C=O) groups excluding carboxylic acids is 1. The Balaban J connectivity index is 1.66. The van der Waals surface area contributed by atoms with E-state index in [4.69, 9.17) is 9.47 Å². The van der Waals surface area contributed by atoms with Gasteiger partial charge in [0.05, 0.1) is 11.9 Å². The third-order valence-electron chi connectivity index (χ3n) is 4.06. The predicted octanol–water partition coefficient (Wildman–Crippen LogP) is 3.37. The summed E-state index contributed by atoms with van der Waals surface area (Å²) in [5.41, 5.74) is 2.81. The van der Waals surface area contributed by atoms with Crippen molar-refractivity contribution in [1.82, 2.24) is 0 Å². The molecule has 2 aromatic carbocycles. The van der Waals surface area contributed by atoms with Crippen LogP contribution in [0.4, 0.5) is 5.69 Å². The van der Waals surface area contributed by atoms with Gasteiger partial charge < -0.3 is 14.4 Å². The van der Waals surface area contributed by atoms with E-state index in [1.807, 2.05) is 43.3 Å². The number of benzene rings is 2. The van der Waals surface area contributed by atoms with Crippen molar-refractivity contribution in [3.8, 4) is 11.5 Å². The highest BCUT2D eigenvalue weighted by molar-refractivity contribution is 9.10. The molecule has 0 atom stereocenters. The molecule has 0 N–H and O–H groups in total. The molecule has 2 aliphatic heterocycles. The number of anilines is 1. The smallest absolute Gasteiger partial charge is 0.279 e. The number of likely N-dealkylation sites (N-methyl/N-ethyl adjacent to an activating group) is 1. The fourth-order valence-electron chi connectivity index (χ4n) is 2.85. The first-order valence-electron chi connectivity index (χ1n) is 7.80. The maximum atomic E-state index is 12.5. The number of rotatable bonds is 3. The number of carbonyl (C=O) groups is 1. The van der Waals surface area contributed by atoms with Crippen LogP contribution in [0, 0.1) is 0 Å². The minimum Gasteiger partial charge on any atom is -0.454 e. The molecule has 0 bridgehead atoms. The van der Waals surface area contributed by atoms with E-state index >= 15 is 0 Å². The molecule has 126 valence electrons. The van der Waals surface area contributed by atoms with E-state index in [0.29, 0.717) is 23.8 Å². The Morgan fingerprint density at radius 1 is 1.24 bits per heavy atom. The van der Waals surface area contributed by atoms with E-state index < -0.39 is 0 Å². The van der Waals surface area contributed by atoms with Crippen molar-refractivity contribution in [3.63, 3.8) is 0 Å². The van der Waals surface area contributed by atoms with E-state index in [1.165, 1.54) is 0 Å². The van der Waals surface area contributed by atoms with E-state index in [2.05, 4.69) is 26.1 Å². The molecular weight excluding hydrogens is 386 g/mol. The Bertz CT molecular complexity index is 924. The summed E-state index contributed by atoms with van der Waals surface area (Å²) in [7, 11) is 0. The number of halogens is 1. The summed E-state index contributed by atoms with van der Waals surface area (Å²) in [5, 5.41) is 8.29. The summed E-state index contributed by atoms with van der Waals surface area (Å²) in [6.45, 7) is 2.74. The standard InChI is InChI=1S/C18H14BrN3O3/c1-2-22-14-6-4-3-5-12(14)17(18(22)23)21-20-9-11-7-15-16(8-13(11)19)25-10-24-15/h3-9H,2,10H2,1H3/b20-9-,21-17+. The van der Waals surface area contributed by atoms with Crippen LogP contribution in [0.25, 0.3) is 0 Å². The highest BCUT2D eigenvalue weighted by Crippen LogP contribution is 2.36. The summed E-state index contributed by atoms with van der Waals surface area (Å²) in [6, 6.07) is 11.2. The first-order valence-corrected chi connectivity index (χ1v) is 8.59. The minimum atomic E-state index is -0.134.